The third-order valence-electron chi connectivity index (χ3n) is 4.14. The predicted molar refractivity (Wildman–Crippen MR) is 131 cm³/mol. The molecule has 0 spiro atoms. The Morgan fingerprint density at radius 3 is 2.25 bits per heavy atom. The molecule has 32 heavy (non-hydrogen) atoms. The predicted octanol–water partition coefficient (Wildman–Crippen LogP) is 7.82. The van der Waals surface area contributed by atoms with Gasteiger partial charge in [0.05, 0.1) is 16.3 Å². The minimum absolute atomic E-state index is 0.122. The van der Waals surface area contributed by atoms with Crippen molar-refractivity contribution in [2.75, 3.05) is 6.61 Å². The summed E-state index contributed by atoms with van der Waals surface area (Å²) in [5.74, 6) is 0.851. The van der Waals surface area contributed by atoms with Gasteiger partial charge in [0.15, 0.2) is 5.75 Å². The fourth-order valence-electron chi connectivity index (χ4n) is 2.66. The van der Waals surface area contributed by atoms with Crippen LogP contribution in [0.1, 0.15) is 16.7 Å². The van der Waals surface area contributed by atoms with Gasteiger partial charge in [0.1, 0.15) is 30.1 Å². The summed E-state index contributed by atoms with van der Waals surface area (Å²) < 4.78 is 11.5. The molecule has 0 aliphatic rings. The Hall–Kier alpha value is -2.37. The van der Waals surface area contributed by atoms with Gasteiger partial charge >= 0.3 is 0 Å². The van der Waals surface area contributed by atoms with Crippen molar-refractivity contribution in [3.8, 4) is 11.5 Å². The summed E-state index contributed by atoms with van der Waals surface area (Å²) in [4.78, 5) is 5.35. The molecule has 0 saturated carbocycles. The second-order valence-corrected chi connectivity index (χ2v) is 8.37. The molecule has 0 aromatic heterocycles. The van der Waals surface area contributed by atoms with E-state index >= 15 is 0 Å². The van der Waals surface area contributed by atoms with Gasteiger partial charge in [-0.15, -0.1) is 0 Å². The first-order chi connectivity index (χ1) is 15.5. The normalized spacial score (nSPS) is 10.8. The highest BCUT2D eigenvalue weighted by molar-refractivity contribution is 6.55. The number of hydrogen-bond acceptors (Lipinski definition) is 4. The smallest absolute Gasteiger partial charge is 0.157 e. The molecule has 8 heteroatoms. The first-order valence-corrected chi connectivity index (χ1v) is 11.1. The molecule has 0 aliphatic carbocycles. The summed E-state index contributed by atoms with van der Waals surface area (Å²) in [6.45, 7) is 0.876. The van der Waals surface area contributed by atoms with Gasteiger partial charge in [0.2, 0.25) is 0 Å². The number of nitrogens with zero attached hydrogens (tertiary/aromatic N) is 1. The van der Waals surface area contributed by atoms with E-state index < -0.39 is 0 Å². The lowest BCUT2D eigenvalue weighted by Crippen LogP contribution is -1.99. The summed E-state index contributed by atoms with van der Waals surface area (Å²) in [6.07, 6.45) is 3.17. The van der Waals surface area contributed by atoms with Crippen molar-refractivity contribution in [2.45, 2.75) is 13.2 Å². The lowest BCUT2D eigenvalue weighted by molar-refractivity contribution is 0.132. The molecular weight excluding hydrogens is 492 g/mol. The van der Waals surface area contributed by atoms with Crippen LogP contribution in [-0.2, 0) is 18.1 Å². The zero-order valence-corrected chi connectivity index (χ0v) is 19.8. The van der Waals surface area contributed by atoms with Crippen molar-refractivity contribution < 1.29 is 14.3 Å². The van der Waals surface area contributed by atoms with Gasteiger partial charge in [-0.2, -0.15) is 0 Å². The second-order valence-electron chi connectivity index (χ2n) is 6.55. The molecule has 3 rings (SSSR count). The summed E-state index contributed by atoms with van der Waals surface area (Å²) in [5.41, 5.74) is 2.86. The van der Waals surface area contributed by atoms with Crippen LogP contribution in [0.2, 0.25) is 10.0 Å². The van der Waals surface area contributed by atoms with Crippen LogP contribution in [0, 0.1) is 0 Å². The maximum Gasteiger partial charge on any atom is 0.157 e. The molecule has 0 saturated heterocycles. The van der Waals surface area contributed by atoms with Crippen LogP contribution < -0.4 is 9.47 Å². The monoisotopic (exact) mass is 509 g/mol. The van der Waals surface area contributed by atoms with E-state index in [1.807, 2.05) is 54.6 Å². The van der Waals surface area contributed by atoms with E-state index in [1.54, 1.807) is 18.3 Å². The Bertz CT molecular complexity index is 1060. The molecule has 0 radical (unpaired) electrons. The Morgan fingerprint density at radius 1 is 0.812 bits per heavy atom. The van der Waals surface area contributed by atoms with Crippen LogP contribution in [0.15, 0.2) is 82.5 Å². The summed E-state index contributed by atoms with van der Waals surface area (Å²) in [7, 11) is 0. The molecule has 3 aromatic carbocycles. The van der Waals surface area contributed by atoms with Gasteiger partial charge in [-0.1, -0.05) is 100 Å². The minimum Gasteiger partial charge on any atom is -0.489 e. The Labute approximate surface area is 206 Å². The standard InChI is InChI=1S/C24H19Cl4NO3/c25-21-12-20(30-10-9-23(27)28)13-22(26)24(21)31-15-19-8-4-7-18(11-19)14-29-32-16-17-5-2-1-3-6-17/h1-9,11-14H,10,15-16H2/b29-14+. The van der Waals surface area contributed by atoms with E-state index in [2.05, 4.69) is 5.16 Å². The van der Waals surface area contributed by atoms with Crippen LogP contribution in [0.3, 0.4) is 0 Å². The molecule has 0 heterocycles. The van der Waals surface area contributed by atoms with Gasteiger partial charge in [0, 0.05) is 12.1 Å². The lowest BCUT2D eigenvalue weighted by atomic mass is 10.1. The highest BCUT2D eigenvalue weighted by Gasteiger charge is 2.11. The third-order valence-corrected chi connectivity index (χ3v) is 5.01. The molecule has 0 amide bonds. The van der Waals surface area contributed by atoms with Gasteiger partial charge < -0.3 is 14.3 Å². The van der Waals surface area contributed by atoms with Crippen molar-refractivity contribution >= 4 is 52.6 Å². The average Bonchev–Trinajstić information content (AvgIpc) is 2.77. The number of halogens is 4. The van der Waals surface area contributed by atoms with Gasteiger partial charge in [0.25, 0.3) is 0 Å². The van der Waals surface area contributed by atoms with E-state index in [1.165, 1.54) is 6.08 Å². The fraction of sp³-hybridized carbons (Fsp3) is 0.125. The Balaban J connectivity index is 1.56. The second kappa shape index (κ2) is 12.6. The van der Waals surface area contributed by atoms with E-state index in [-0.39, 0.29) is 17.7 Å². The molecule has 0 fully saturated rings. The quantitative estimate of drug-likeness (QED) is 0.206. The van der Waals surface area contributed by atoms with Gasteiger partial charge in [-0.25, -0.2) is 0 Å². The SMILES string of the molecule is ClC(Cl)=CCOc1cc(Cl)c(OCc2cccc(/C=N/OCc3ccccc3)c2)c(Cl)c1. The number of rotatable bonds is 10. The highest BCUT2D eigenvalue weighted by atomic mass is 35.5. The number of ether oxygens (including phenoxy) is 2. The van der Waals surface area contributed by atoms with E-state index in [9.17, 15) is 0 Å². The minimum atomic E-state index is 0.122. The number of benzene rings is 3. The van der Waals surface area contributed by atoms with Gasteiger partial charge in [-0.3, -0.25) is 0 Å². The van der Waals surface area contributed by atoms with Crippen molar-refractivity contribution in [1.29, 1.82) is 0 Å². The molecular formula is C24H19Cl4NO3. The highest BCUT2D eigenvalue weighted by Crippen LogP contribution is 2.37. The van der Waals surface area contributed by atoms with Crippen molar-refractivity contribution in [2.24, 2.45) is 5.16 Å². The molecule has 0 aliphatic heterocycles. The molecule has 166 valence electrons. The lowest BCUT2D eigenvalue weighted by Gasteiger charge is -2.12. The van der Waals surface area contributed by atoms with Crippen LogP contribution in [0.5, 0.6) is 11.5 Å². The first kappa shape index (κ1) is 24.3. The average molecular weight is 511 g/mol. The van der Waals surface area contributed by atoms with E-state index in [0.29, 0.717) is 28.2 Å². The maximum absolute atomic E-state index is 6.31. The summed E-state index contributed by atoms with van der Waals surface area (Å²) in [5, 5.41) is 4.69. The van der Waals surface area contributed by atoms with Crippen LogP contribution in [0.4, 0.5) is 0 Å². The largest absolute Gasteiger partial charge is 0.489 e. The molecule has 0 bridgehead atoms. The van der Waals surface area contributed by atoms with Crippen LogP contribution in [-0.4, -0.2) is 12.8 Å². The summed E-state index contributed by atoms with van der Waals surface area (Å²) in [6, 6.07) is 20.8. The number of oxime groups is 1. The van der Waals surface area contributed by atoms with Crippen LogP contribution >= 0.6 is 46.4 Å². The van der Waals surface area contributed by atoms with E-state index in [4.69, 9.17) is 60.7 Å². The van der Waals surface area contributed by atoms with Crippen molar-refractivity contribution in [3.63, 3.8) is 0 Å². The van der Waals surface area contributed by atoms with Crippen LogP contribution in [0.25, 0.3) is 0 Å². The molecule has 0 N–H and O–H groups in total. The third kappa shape index (κ3) is 7.95. The molecule has 0 unspecified atom stereocenters. The maximum atomic E-state index is 6.31. The molecule has 0 atom stereocenters. The zero-order chi connectivity index (χ0) is 22.8. The Morgan fingerprint density at radius 2 is 1.53 bits per heavy atom. The van der Waals surface area contributed by atoms with E-state index in [0.717, 1.165) is 16.7 Å². The van der Waals surface area contributed by atoms with Crippen molar-refractivity contribution in [1.82, 2.24) is 0 Å². The molecule has 3 aromatic rings. The van der Waals surface area contributed by atoms with Gasteiger partial charge in [-0.05, 0) is 28.8 Å². The van der Waals surface area contributed by atoms with Crippen molar-refractivity contribution in [3.05, 3.63) is 104 Å². The summed E-state index contributed by atoms with van der Waals surface area (Å²) >= 11 is 23.8. The zero-order valence-electron chi connectivity index (χ0n) is 16.8. The topological polar surface area (TPSA) is 40.0 Å². The molecule has 4 nitrogen and oxygen atoms in total. The Kier molecular flexibility index (Phi) is 9.57. The first-order valence-electron chi connectivity index (χ1n) is 9.55. The fourth-order valence-corrected chi connectivity index (χ4v) is 3.36. The number of hydrogen-bond donors (Lipinski definition) is 0.